The number of anilines is 1. The maximum atomic E-state index is 12.8. The quantitative estimate of drug-likeness (QED) is 0.690. The first-order valence-electron chi connectivity index (χ1n) is 9.67. The van der Waals surface area contributed by atoms with Crippen molar-refractivity contribution in [1.82, 2.24) is 19.9 Å². The lowest BCUT2D eigenvalue weighted by molar-refractivity contribution is -0.116. The molecule has 0 spiro atoms. The lowest BCUT2D eigenvalue weighted by atomic mass is 10.1. The van der Waals surface area contributed by atoms with Gasteiger partial charge in [-0.1, -0.05) is 29.7 Å². The Bertz CT molecular complexity index is 1040. The molecule has 2 aromatic carbocycles. The van der Waals surface area contributed by atoms with Crippen LogP contribution in [0.4, 0.5) is 5.69 Å². The molecule has 1 saturated carbocycles. The molecule has 1 aliphatic carbocycles. The van der Waals surface area contributed by atoms with E-state index in [1.54, 1.807) is 43.4 Å². The third kappa shape index (κ3) is 4.24. The molecule has 2 amide bonds. The van der Waals surface area contributed by atoms with Crippen LogP contribution in [0.3, 0.4) is 0 Å². The summed E-state index contributed by atoms with van der Waals surface area (Å²) in [5.41, 5.74) is 2.75. The number of hydrogen-bond acceptors (Lipinski definition) is 4. The number of aromatic nitrogens is 3. The largest absolute Gasteiger partial charge is 0.332 e. The molecule has 4 rings (SSSR count). The van der Waals surface area contributed by atoms with Gasteiger partial charge in [0, 0.05) is 23.3 Å². The van der Waals surface area contributed by atoms with Crippen LogP contribution in [0.5, 0.6) is 0 Å². The lowest BCUT2D eigenvalue weighted by Gasteiger charge is -2.17. The normalized spacial score (nSPS) is 14.3. The Labute approximate surface area is 173 Å². The number of halogens is 1. The molecule has 0 aliphatic heterocycles. The highest BCUT2D eigenvalue weighted by Gasteiger charge is 2.21. The van der Waals surface area contributed by atoms with Crippen LogP contribution in [0.1, 0.15) is 42.1 Å². The van der Waals surface area contributed by atoms with Gasteiger partial charge in [0.15, 0.2) is 0 Å². The van der Waals surface area contributed by atoms with E-state index in [1.807, 2.05) is 10.7 Å². The van der Waals surface area contributed by atoms with Crippen molar-refractivity contribution in [2.45, 2.75) is 31.7 Å². The third-order valence-electron chi connectivity index (χ3n) is 5.24. The molecular weight excluding hydrogens is 390 g/mol. The number of carbonyl (C=O) groups is 2. The van der Waals surface area contributed by atoms with Crippen LogP contribution in [-0.2, 0) is 4.79 Å². The van der Waals surface area contributed by atoms with Gasteiger partial charge < -0.3 is 10.2 Å². The number of hydrogen-bond donors (Lipinski definition) is 1. The third-order valence-corrected chi connectivity index (χ3v) is 5.50. The van der Waals surface area contributed by atoms with Crippen LogP contribution < -0.4 is 5.32 Å². The van der Waals surface area contributed by atoms with Crippen molar-refractivity contribution in [2.24, 2.45) is 0 Å². The number of carbonyl (C=O) groups excluding carboxylic acids is 2. The van der Waals surface area contributed by atoms with E-state index >= 15 is 0 Å². The minimum absolute atomic E-state index is 0.0612. The minimum Gasteiger partial charge on any atom is -0.332 e. The van der Waals surface area contributed by atoms with E-state index in [-0.39, 0.29) is 18.4 Å². The highest BCUT2D eigenvalue weighted by Crippen LogP contribution is 2.31. The summed E-state index contributed by atoms with van der Waals surface area (Å²) in [7, 11) is 1.60. The second-order valence-corrected chi connectivity index (χ2v) is 7.83. The van der Waals surface area contributed by atoms with Gasteiger partial charge in [0.25, 0.3) is 5.91 Å². The van der Waals surface area contributed by atoms with E-state index in [9.17, 15) is 9.59 Å². The monoisotopic (exact) mass is 411 g/mol. The Morgan fingerprint density at radius 3 is 2.62 bits per heavy atom. The Balaban J connectivity index is 1.43. The van der Waals surface area contributed by atoms with Gasteiger partial charge in [-0.05, 0) is 55.3 Å². The average molecular weight is 412 g/mol. The fourth-order valence-corrected chi connectivity index (χ4v) is 3.86. The van der Waals surface area contributed by atoms with Crippen molar-refractivity contribution in [3.63, 3.8) is 0 Å². The summed E-state index contributed by atoms with van der Waals surface area (Å²) in [4.78, 5) is 26.4. The van der Waals surface area contributed by atoms with Gasteiger partial charge in [0.1, 0.15) is 5.52 Å². The molecular formula is C21H22ClN5O2. The zero-order valence-corrected chi connectivity index (χ0v) is 16.9. The topological polar surface area (TPSA) is 80.1 Å². The fourth-order valence-electron chi connectivity index (χ4n) is 3.73. The maximum absolute atomic E-state index is 12.8. The number of fused-ring (bicyclic) bond motifs is 1. The van der Waals surface area contributed by atoms with Gasteiger partial charge >= 0.3 is 0 Å². The van der Waals surface area contributed by atoms with Gasteiger partial charge in [-0.3, -0.25) is 9.59 Å². The molecule has 8 heteroatoms. The smallest absolute Gasteiger partial charge is 0.254 e. The SMILES string of the molecule is CN(CC(=O)Nc1ccc(Cl)cc1)C(=O)c1ccc2c(c1)nnn2C1CCCC1. The number of benzene rings is 2. The summed E-state index contributed by atoms with van der Waals surface area (Å²) in [6.07, 6.45) is 4.66. The lowest BCUT2D eigenvalue weighted by Crippen LogP contribution is -2.34. The van der Waals surface area contributed by atoms with E-state index < -0.39 is 0 Å². The van der Waals surface area contributed by atoms with Crippen LogP contribution in [0.25, 0.3) is 11.0 Å². The molecule has 0 radical (unpaired) electrons. The predicted octanol–water partition coefficient (Wildman–Crippen LogP) is 3.91. The van der Waals surface area contributed by atoms with E-state index in [0.717, 1.165) is 18.4 Å². The summed E-state index contributed by atoms with van der Waals surface area (Å²) < 4.78 is 1.97. The molecule has 1 aromatic heterocycles. The molecule has 1 aliphatic rings. The molecule has 1 fully saturated rings. The number of nitrogens with one attached hydrogen (secondary N) is 1. The van der Waals surface area contributed by atoms with E-state index in [4.69, 9.17) is 11.6 Å². The predicted molar refractivity (Wildman–Crippen MR) is 112 cm³/mol. The zero-order valence-electron chi connectivity index (χ0n) is 16.1. The molecule has 0 unspecified atom stereocenters. The second-order valence-electron chi connectivity index (χ2n) is 7.39. The van der Waals surface area contributed by atoms with Crippen molar-refractivity contribution in [3.8, 4) is 0 Å². The summed E-state index contributed by atoms with van der Waals surface area (Å²) in [6, 6.07) is 12.6. The van der Waals surface area contributed by atoms with E-state index in [2.05, 4.69) is 15.6 Å². The van der Waals surface area contributed by atoms with E-state index in [0.29, 0.717) is 27.8 Å². The Hall–Kier alpha value is -2.93. The fraction of sp³-hybridized carbons (Fsp3) is 0.333. The Morgan fingerprint density at radius 2 is 1.90 bits per heavy atom. The summed E-state index contributed by atoms with van der Waals surface area (Å²) >= 11 is 5.85. The van der Waals surface area contributed by atoms with Crippen molar-refractivity contribution in [3.05, 3.63) is 53.1 Å². The summed E-state index contributed by atoms with van der Waals surface area (Å²) in [5, 5.41) is 11.9. The maximum Gasteiger partial charge on any atom is 0.254 e. The van der Waals surface area contributed by atoms with Crippen LogP contribution >= 0.6 is 11.6 Å². The summed E-state index contributed by atoms with van der Waals surface area (Å²) in [5.74, 6) is -0.523. The van der Waals surface area contributed by atoms with Gasteiger partial charge in [0.05, 0.1) is 18.1 Å². The van der Waals surface area contributed by atoms with Crippen molar-refractivity contribution in [2.75, 3.05) is 18.9 Å². The average Bonchev–Trinajstić information content (AvgIpc) is 3.37. The standard InChI is InChI=1S/C21H22ClN5O2/c1-26(13-20(28)23-16-9-7-15(22)8-10-16)21(29)14-6-11-19-18(12-14)24-25-27(19)17-4-2-3-5-17/h6-12,17H,2-5,13H2,1H3,(H,23,28). The molecule has 1 heterocycles. The first kappa shape index (κ1) is 19.4. The van der Waals surface area contributed by atoms with Crippen molar-refractivity contribution < 1.29 is 9.59 Å². The number of likely N-dealkylation sites (N-methyl/N-ethyl adjacent to an activating group) is 1. The number of rotatable bonds is 5. The minimum atomic E-state index is -0.281. The van der Waals surface area contributed by atoms with Crippen molar-refractivity contribution in [1.29, 1.82) is 0 Å². The molecule has 0 saturated heterocycles. The highest BCUT2D eigenvalue weighted by molar-refractivity contribution is 6.30. The van der Waals surface area contributed by atoms with Gasteiger partial charge in [-0.15, -0.1) is 5.10 Å². The van der Waals surface area contributed by atoms with Gasteiger partial charge in [-0.25, -0.2) is 4.68 Å². The molecule has 0 bridgehead atoms. The first-order valence-corrected chi connectivity index (χ1v) is 10.0. The Morgan fingerprint density at radius 1 is 1.17 bits per heavy atom. The van der Waals surface area contributed by atoms with Crippen LogP contribution in [0.15, 0.2) is 42.5 Å². The molecule has 29 heavy (non-hydrogen) atoms. The number of nitrogens with zero attached hydrogens (tertiary/aromatic N) is 4. The summed E-state index contributed by atoms with van der Waals surface area (Å²) in [6.45, 7) is -0.0612. The molecule has 0 atom stereocenters. The first-order chi connectivity index (χ1) is 14.0. The van der Waals surface area contributed by atoms with Gasteiger partial charge in [-0.2, -0.15) is 0 Å². The molecule has 7 nitrogen and oxygen atoms in total. The van der Waals surface area contributed by atoms with E-state index in [1.165, 1.54) is 17.7 Å². The van der Waals surface area contributed by atoms with Crippen LogP contribution in [0, 0.1) is 0 Å². The van der Waals surface area contributed by atoms with Gasteiger partial charge in [0.2, 0.25) is 5.91 Å². The van der Waals surface area contributed by atoms with Crippen molar-refractivity contribution >= 4 is 40.1 Å². The second kappa shape index (κ2) is 8.21. The van der Waals surface area contributed by atoms with Crippen LogP contribution in [-0.4, -0.2) is 45.3 Å². The Kier molecular flexibility index (Phi) is 5.49. The molecule has 150 valence electrons. The molecule has 3 aromatic rings. The highest BCUT2D eigenvalue weighted by atomic mass is 35.5. The van der Waals surface area contributed by atoms with Crippen LogP contribution in [0.2, 0.25) is 5.02 Å². The number of amides is 2. The zero-order chi connectivity index (χ0) is 20.4. The molecule has 1 N–H and O–H groups in total.